The van der Waals surface area contributed by atoms with Crippen molar-refractivity contribution < 1.29 is 27.6 Å². The van der Waals surface area contributed by atoms with Gasteiger partial charge in [-0.3, -0.25) is 10.1 Å². The molecule has 36 heavy (non-hydrogen) atoms. The number of halogens is 3. The third kappa shape index (κ3) is 3.38. The minimum atomic E-state index is -4.71. The van der Waals surface area contributed by atoms with Gasteiger partial charge in [-0.05, 0) is 37.1 Å². The number of nitrogens with zero attached hydrogens (tertiary/aromatic N) is 4. The van der Waals surface area contributed by atoms with E-state index in [0.29, 0.717) is 11.7 Å². The molecule has 11 heteroatoms. The molecule has 0 N–H and O–H groups in total. The summed E-state index contributed by atoms with van der Waals surface area (Å²) in [6.07, 6.45) is -1.89. The van der Waals surface area contributed by atoms with Crippen LogP contribution in [-0.4, -0.2) is 32.1 Å². The smallest absolute Gasteiger partial charge is 0.323 e. The number of hydrogen-bond acceptors (Lipinski definition) is 6. The maximum Gasteiger partial charge on any atom is 0.416 e. The maximum absolute atomic E-state index is 13.2. The van der Waals surface area contributed by atoms with Crippen molar-refractivity contribution in [2.24, 2.45) is 0 Å². The van der Waals surface area contributed by atoms with Crippen LogP contribution in [0.15, 0.2) is 67.0 Å². The molecule has 1 saturated heterocycles. The van der Waals surface area contributed by atoms with Crippen molar-refractivity contribution >= 4 is 11.3 Å². The lowest BCUT2D eigenvalue weighted by molar-refractivity contribution is -0.388. The molecular weight excluding hydrogens is 477 g/mol. The summed E-state index contributed by atoms with van der Waals surface area (Å²) in [5, 5.41) is 16.2. The molecule has 2 atom stereocenters. The highest BCUT2D eigenvalue weighted by molar-refractivity contribution is 5.83. The molecule has 4 aromatic rings. The van der Waals surface area contributed by atoms with Gasteiger partial charge in [0.25, 0.3) is 5.69 Å². The summed E-state index contributed by atoms with van der Waals surface area (Å²) >= 11 is 0. The third-order valence-electron chi connectivity index (χ3n) is 6.95. The van der Waals surface area contributed by atoms with Crippen LogP contribution in [0.25, 0.3) is 16.8 Å². The van der Waals surface area contributed by atoms with E-state index in [9.17, 15) is 23.3 Å². The molecule has 1 saturated carbocycles. The fourth-order valence-corrected chi connectivity index (χ4v) is 5.17. The van der Waals surface area contributed by atoms with Gasteiger partial charge in [-0.15, -0.1) is 0 Å². The van der Waals surface area contributed by atoms with E-state index in [4.69, 9.17) is 9.47 Å². The normalized spacial score (nSPS) is 25.5. The van der Waals surface area contributed by atoms with E-state index in [1.165, 1.54) is 6.20 Å². The number of aromatic nitrogens is 3. The second-order valence-corrected chi connectivity index (χ2v) is 8.99. The van der Waals surface area contributed by atoms with Gasteiger partial charge in [-0.1, -0.05) is 30.3 Å². The highest BCUT2D eigenvalue weighted by Gasteiger charge is 2.66. The van der Waals surface area contributed by atoms with Crippen molar-refractivity contribution in [1.29, 1.82) is 0 Å². The molecule has 2 aromatic heterocycles. The van der Waals surface area contributed by atoms with Crippen molar-refractivity contribution in [1.82, 2.24) is 14.6 Å². The summed E-state index contributed by atoms with van der Waals surface area (Å²) in [5.74, 6) is 0.0786. The predicted molar refractivity (Wildman–Crippen MR) is 121 cm³/mol. The lowest BCUT2D eigenvalue weighted by Crippen LogP contribution is -2.48. The van der Waals surface area contributed by atoms with E-state index >= 15 is 0 Å². The molecule has 6 rings (SSSR count). The first kappa shape index (κ1) is 22.6. The largest absolute Gasteiger partial charge is 0.416 e. The van der Waals surface area contributed by atoms with Crippen LogP contribution < -0.4 is 0 Å². The average Bonchev–Trinajstić information content (AvgIpc) is 3.44. The van der Waals surface area contributed by atoms with Crippen LogP contribution in [0.1, 0.15) is 36.1 Å². The van der Waals surface area contributed by atoms with Gasteiger partial charge in [0.05, 0.1) is 38.9 Å². The Bertz CT molecular complexity index is 1480. The number of benzene rings is 2. The standard InChI is InChI=1S/C25H19F3N4O4/c1-14-35-23(36-14)24(12-19(24)15-5-3-2-4-6-15)21-9-10-29-22-18(13-30-31(21)22)17-8-7-16(25(26,27)28)11-20(17)32(33)34/h2-11,13-14,19,23H,12H2,1H3. The molecule has 8 nitrogen and oxygen atoms in total. The molecule has 0 radical (unpaired) electrons. The molecular formula is C25H19F3N4O4. The number of ether oxygens (including phenoxy) is 2. The first-order valence-corrected chi connectivity index (χ1v) is 11.3. The molecule has 0 spiro atoms. The van der Waals surface area contributed by atoms with E-state index < -0.39 is 34.1 Å². The zero-order valence-corrected chi connectivity index (χ0v) is 18.8. The highest BCUT2D eigenvalue weighted by Crippen LogP contribution is 2.65. The molecule has 0 amide bonds. The lowest BCUT2D eigenvalue weighted by Gasteiger charge is -2.40. The van der Waals surface area contributed by atoms with Gasteiger partial charge in [0.2, 0.25) is 0 Å². The van der Waals surface area contributed by atoms with Crippen molar-refractivity contribution in [3.63, 3.8) is 0 Å². The fraction of sp³-hybridized carbons (Fsp3) is 0.280. The first-order chi connectivity index (χ1) is 17.2. The highest BCUT2D eigenvalue weighted by atomic mass is 19.4. The van der Waals surface area contributed by atoms with Crippen LogP contribution in [0.4, 0.5) is 18.9 Å². The van der Waals surface area contributed by atoms with Gasteiger partial charge in [0.15, 0.2) is 18.2 Å². The minimum absolute atomic E-state index is 0.00173. The molecule has 0 bridgehead atoms. The molecule has 2 aliphatic rings. The fourth-order valence-electron chi connectivity index (χ4n) is 5.17. The molecule has 3 heterocycles. The monoisotopic (exact) mass is 496 g/mol. The van der Waals surface area contributed by atoms with Gasteiger partial charge in [0, 0.05) is 18.2 Å². The van der Waals surface area contributed by atoms with Gasteiger partial charge in [-0.25, -0.2) is 9.50 Å². The van der Waals surface area contributed by atoms with E-state index in [0.717, 1.165) is 29.8 Å². The molecule has 1 aliphatic carbocycles. The molecule has 184 valence electrons. The van der Waals surface area contributed by atoms with Gasteiger partial charge in [0.1, 0.15) is 0 Å². The quantitative estimate of drug-likeness (QED) is 0.269. The van der Waals surface area contributed by atoms with E-state index in [-0.39, 0.29) is 23.3 Å². The van der Waals surface area contributed by atoms with Crippen molar-refractivity contribution in [3.05, 3.63) is 93.9 Å². The Morgan fingerprint density at radius 2 is 1.86 bits per heavy atom. The summed E-state index contributed by atoms with van der Waals surface area (Å²) in [7, 11) is 0. The van der Waals surface area contributed by atoms with Gasteiger partial charge < -0.3 is 9.47 Å². The number of nitro benzene ring substituents is 1. The Kier molecular flexibility index (Phi) is 4.92. The van der Waals surface area contributed by atoms with Gasteiger partial charge in [-0.2, -0.15) is 18.3 Å². The molecule has 2 aromatic carbocycles. The van der Waals surface area contributed by atoms with Crippen LogP contribution in [0.3, 0.4) is 0 Å². The summed E-state index contributed by atoms with van der Waals surface area (Å²) in [5.41, 5.74) is 0.0773. The van der Waals surface area contributed by atoms with E-state index in [1.807, 2.05) is 43.3 Å². The number of alkyl halides is 3. The summed E-state index contributed by atoms with van der Waals surface area (Å²) in [4.78, 5) is 15.2. The summed E-state index contributed by atoms with van der Waals surface area (Å²) in [6.45, 7) is 1.81. The number of nitro groups is 1. The van der Waals surface area contributed by atoms with Gasteiger partial charge >= 0.3 is 6.18 Å². The Hall–Kier alpha value is -3.83. The minimum Gasteiger partial charge on any atom is -0.323 e. The molecule has 2 unspecified atom stereocenters. The van der Waals surface area contributed by atoms with Crippen LogP contribution in [-0.2, 0) is 21.1 Å². The average molecular weight is 496 g/mol. The SMILES string of the molecule is CC1OC(C2(c3ccnc4c(-c5ccc(C(F)(F)F)cc5[N+](=O)[O-])cnn34)CC2c2ccccc2)O1. The second kappa shape index (κ2) is 7.84. The topological polar surface area (TPSA) is 91.8 Å². The Morgan fingerprint density at radius 1 is 1.11 bits per heavy atom. The van der Waals surface area contributed by atoms with Crippen LogP contribution in [0.2, 0.25) is 0 Å². The lowest BCUT2D eigenvalue weighted by atomic mass is 9.93. The van der Waals surface area contributed by atoms with Crippen molar-refractivity contribution in [3.8, 4) is 11.1 Å². The predicted octanol–water partition coefficient (Wildman–Crippen LogP) is 5.47. The summed E-state index contributed by atoms with van der Waals surface area (Å²) < 4.78 is 53.0. The zero-order chi connectivity index (χ0) is 25.2. The van der Waals surface area contributed by atoms with Crippen molar-refractivity contribution in [2.75, 3.05) is 0 Å². The number of fused-ring (bicyclic) bond motifs is 1. The molecule has 1 aliphatic heterocycles. The number of rotatable bonds is 5. The summed E-state index contributed by atoms with van der Waals surface area (Å²) in [6, 6.07) is 14.2. The number of hydrogen-bond donors (Lipinski definition) is 0. The Labute approximate surface area is 202 Å². The van der Waals surface area contributed by atoms with Crippen LogP contribution >= 0.6 is 0 Å². The third-order valence-corrected chi connectivity index (χ3v) is 6.95. The van der Waals surface area contributed by atoms with Crippen LogP contribution in [0, 0.1) is 10.1 Å². The van der Waals surface area contributed by atoms with E-state index in [2.05, 4.69) is 10.1 Å². The zero-order valence-electron chi connectivity index (χ0n) is 18.8. The van der Waals surface area contributed by atoms with E-state index in [1.54, 1.807) is 10.7 Å². The molecule has 2 fully saturated rings. The van der Waals surface area contributed by atoms with Crippen molar-refractivity contribution in [2.45, 2.75) is 43.4 Å². The van der Waals surface area contributed by atoms with Crippen LogP contribution in [0.5, 0.6) is 0 Å². The first-order valence-electron chi connectivity index (χ1n) is 11.3. The maximum atomic E-state index is 13.2. The Balaban J connectivity index is 1.49. The Morgan fingerprint density at radius 3 is 2.53 bits per heavy atom. The second-order valence-electron chi connectivity index (χ2n) is 8.99.